The Labute approximate surface area is 124 Å². The number of carboxylic acids is 1. The van der Waals surface area contributed by atoms with Gasteiger partial charge in [0.25, 0.3) is 0 Å². The van der Waals surface area contributed by atoms with Gasteiger partial charge in [-0.3, -0.25) is 0 Å². The number of esters is 1. The van der Waals surface area contributed by atoms with E-state index in [-0.39, 0.29) is 12.2 Å². The highest BCUT2D eigenvalue weighted by Gasteiger charge is 1.96. The first-order valence-corrected chi connectivity index (χ1v) is 6.06. The third kappa shape index (κ3) is 9.67. The summed E-state index contributed by atoms with van der Waals surface area (Å²) in [5, 5.41) is 8.51. The van der Waals surface area contributed by atoms with E-state index < -0.39 is 11.9 Å². The molecule has 21 heavy (non-hydrogen) atoms. The Balaban J connectivity index is 0.000000433. The molecule has 1 aromatic rings. The van der Waals surface area contributed by atoms with Gasteiger partial charge in [0.2, 0.25) is 0 Å². The molecule has 0 aliphatic heterocycles. The molecule has 110 valence electrons. The number of aliphatic carboxylic acids is 1. The molecular formula is C17H18O4. The van der Waals surface area contributed by atoms with Gasteiger partial charge < -0.3 is 9.84 Å². The molecule has 1 aromatic carbocycles. The van der Waals surface area contributed by atoms with Crippen molar-refractivity contribution in [1.29, 1.82) is 0 Å². The molecule has 0 unspecified atom stereocenters. The molecule has 0 spiro atoms. The maximum Gasteiger partial charge on any atom is 0.335 e. The van der Waals surface area contributed by atoms with Crippen molar-refractivity contribution < 1.29 is 19.4 Å². The summed E-state index contributed by atoms with van der Waals surface area (Å²) < 4.78 is 4.47. The number of carbonyl (C=O) groups is 2. The Morgan fingerprint density at radius 3 is 2.29 bits per heavy atom. The second kappa shape index (κ2) is 11.0. The largest absolute Gasteiger partial charge is 0.478 e. The van der Waals surface area contributed by atoms with Gasteiger partial charge in [-0.25, -0.2) is 9.59 Å². The van der Waals surface area contributed by atoms with Crippen molar-refractivity contribution in [2.24, 2.45) is 0 Å². The first kappa shape index (κ1) is 18.1. The number of benzene rings is 1. The molecule has 0 atom stereocenters. The topological polar surface area (TPSA) is 63.6 Å². The molecule has 4 heteroatoms. The second-order valence-corrected chi connectivity index (χ2v) is 3.70. The van der Waals surface area contributed by atoms with Crippen molar-refractivity contribution >= 4 is 18.0 Å². The molecule has 0 bridgehead atoms. The number of hydrogen-bond donors (Lipinski definition) is 1. The van der Waals surface area contributed by atoms with Crippen LogP contribution in [0.2, 0.25) is 0 Å². The van der Waals surface area contributed by atoms with Crippen LogP contribution in [0.4, 0.5) is 0 Å². The van der Waals surface area contributed by atoms with E-state index in [1.807, 2.05) is 30.3 Å². The molecule has 1 rings (SSSR count). The van der Waals surface area contributed by atoms with Crippen LogP contribution >= 0.6 is 0 Å². The van der Waals surface area contributed by atoms with E-state index in [2.05, 4.69) is 24.5 Å². The highest BCUT2D eigenvalue weighted by atomic mass is 16.5. The van der Waals surface area contributed by atoms with Gasteiger partial charge in [-0.1, -0.05) is 62.2 Å². The van der Waals surface area contributed by atoms with Crippen molar-refractivity contribution in [2.45, 2.75) is 0 Å². The molecule has 0 heterocycles. The Kier molecular flexibility index (Phi) is 9.48. The molecule has 0 saturated carbocycles. The maximum absolute atomic E-state index is 10.4. The summed E-state index contributed by atoms with van der Waals surface area (Å²) >= 11 is 0. The van der Waals surface area contributed by atoms with E-state index in [1.54, 1.807) is 6.08 Å². The van der Waals surface area contributed by atoms with E-state index in [9.17, 15) is 9.59 Å². The highest BCUT2D eigenvalue weighted by molar-refractivity contribution is 5.90. The van der Waals surface area contributed by atoms with Crippen molar-refractivity contribution in [2.75, 3.05) is 6.61 Å². The van der Waals surface area contributed by atoms with Crippen LogP contribution in [0.3, 0.4) is 0 Å². The van der Waals surface area contributed by atoms with E-state index in [0.29, 0.717) is 0 Å². The van der Waals surface area contributed by atoms with E-state index in [1.165, 1.54) is 12.2 Å². The zero-order valence-corrected chi connectivity index (χ0v) is 11.7. The third-order valence-corrected chi connectivity index (χ3v) is 2.06. The number of carboxylic acid groups (broad SMARTS) is 1. The number of carbonyl (C=O) groups excluding carboxylic acids is 1. The minimum atomic E-state index is -0.993. The lowest BCUT2D eigenvalue weighted by atomic mass is 10.2. The zero-order valence-electron chi connectivity index (χ0n) is 11.7. The lowest BCUT2D eigenvalue weighted by molar-refractivity contribution is -0.136. The lowest BCUT2D eigenvalue weighted by Gasteiger charge is -1.92. The molecule has 0 saturated heterocycles. The van der Waals surface area contributed by atoms with Gasteiger partial charge in [0, 0.05) is 6.08 Å². The van der Waals surface area contributed by atoms with E-state index in [0.717, 1.165) is 11.6 Å². The number of ether oxygens (including phenoxy) is 1. The predicted molar refractivity (Wildman–Crippen MR) is 83.6 cm³/mol. The molecule has 0 fully saturated rings. The number of rotatable bonds is 6. The molecule has 0 aliphatic carbocycles. The quantitative estimate of drug-likeness (QED) is 0.377. The Morgan fingerprint density at radius 2 is 1.81 bits per heavy atom. The van der Waals surface area contributed by atoms with Crippen molar-refractivity contribution in [3.8, 4) is 0 Å². The zero-order chi connectivity index (χ0) is 16.1. The van der Waals surface area contributed by atoms with Gasteiger partial charge in [-0.15, -0.1) is 0 Å². The van der Waals surface area contributed by atoms with Gasteiger partial charge in [0.1, 0.15) is 6.61 Å². The van der Waals surface area contributed by atoms with Crippen molar-refractivity contribution in [3.63, 3.8) is 0 Å². The minimum Gasteiger partial charge on any atom is -0.478 e. The summed E-state index contributed by atoms with van der Waals surface area (Å²) in [7, 11) is 0. The molecule has 0 amide bonds. The average molecular weight is 286 g/mol. The fourth-order valence-electron chi connectivity index (χ4n) is 1.03. The molecular weight excluding hydrogens is 268 g/mol. The van der Waals surface area contributed by atoms with Gasteiger partial charge in [-0.2, -0.15) is 0 Å². The summed E-state index contributed by atoms with van der Waals surface area (Å²) in [4.78, 5) is 20.6. The summed E-state index contributed by atoms with van der Waals surface area (Å²) in [5.74, 6) is -1.41. The van der Waals surface area contributed by atoms with Gasteiger partial charge in [-0.05, 0) is 11.6 Å². The SMILES string of the molecule is C=C(C=Cc1ccccc1)C(=O)O.C=CCOC(=O)C=C. The second-order valence-electron chi connectivity index (χ2n) is 3.70. The standard InChI is InChI=1S/C11H10O2.C6H8O2/c1-9(11(12)13)7-8-10-5-3-2-4-6-10;1-3-5-8-6(7)4-2/h2-8H,1H2,(H,12,13);3-4H,1-2,5H2. The lowest BCUT2D eigenvalue weighted by Crippen LogP contribution is -1.98. The summed E-state index contributed by atoms with van der Waals surface area (Å²) in [6, 6.07) is 9.48. The van der Waals surface area contributed by atoms with Crippen LogP contribution in [0.5, 0.6) is 0 Å². The van der Waals surface area contributed by atoms with Crippen LogP contribution in [-0.4, -0.2) is 23.7 Å². The average Bonchev–Trinajstić information content (AvgIpc) is 2.51. The fraction of sp³-hybridized carbons (Fsp3) is 0.0588. The summed E-state index contributed by atoms with van der Waals surface area (Å²) in [6.07, 6.45) is 5.82. The predicted octanol–water partition coefficient (Wildman–Crippen LogP) is 3.24. The molecule has 1 N–H and O–H groups in total. The van der Waals surface area contributed by atoms with Crippen LogP contribution in [0.15, 0.2) is 73.9 Å². The highest BCUT2D eigenvalue weighted by Crippen LogP contribution is 2.03. The summed E-state index contributed by atoms with van der Waals surface area (Å²) in [6.45, 7) is 10.2. The van der Waals surface area contributed by atoms with Crippen LogP contribution < -0.4 is 0 Å². The number of hydrogen-bond acceptors (Lipinski definition) is 3. The molecule has 0 aromatic heterocycles. The fourth-order valence-corrected chi connectivity index (χ4v) is 1.03. The monoisotopic (exact) mass is 286 g/mol. The van der Waals surface area contributed by atoms with Crippen molar-refractivity contribution in [1.82, 2.24) is 0 Å². The van der Waals surface area contributed by atoms with Crippen LogP contribution in [0.25, 0.3) is 6.08 Å². The van der Waals surface area contributed by atoms with Gasteiger partial charge >= 0.3 is 11.9 Å². The maximum atomic E-state index is 10.4. The Bertz CT molecular complexity index is 527. The van der Waals surface area contributed by atoms with Crippen LogP contribution in [0.1, 0.15) is 5.56 Å². The molecule has 0 radical (unpaired) electrons. The first-order valence-electron chi connectivity index (χ1n) is 6.06. The smallest absolute Gasteiger partial charge is 0.335 e. The summed E-state index contributed by atoms with van der Waals surface area (Å²) in [5.41, 5.74) is 1.05. The van der Waals surface area contributed by atoms with Gasteiger partial charge in [0.15, 0.2) is 0 Å². The normalized spacial score (nSPS) is 9.14. The minimum absolute atomic E-state index is 0.0869. The first-order chi connectivity index (χ1) is 10.0. The van der Waals surface area contributed by atoms with Crippen molar-refractivity contribution in [3.05, 3.63) is 79.4 Å². The van der Waals surface area contributed by atoms with Gasteiger partial charge in [0.05, 0.1) is 5.57 Å². The van der Waals surface area contributed by atoms with Crippen LogP contribution in [0, 0.1) is 0 Å². The van der Waals surface area contributed by atoms with Crippen LogP contribution in [-0.2, 0) is 14.3 Å². The molecule has 4 nitrogen and oxygen atoms in total. The Morgan fingerprint density at radius 1 is 1.19 bits per heavy atom. The molecule has 0 aliphatic rings. The Hall–Kier alpha value is -2.88. The third-order valence-electron chi connectivity index (χ3n) is 2.06. The van der Waals surface area contributed by atoms with E-state index >= 15 is 0 Å². The van der Waals surface area contributed by atoms with E-state index in [4.69, 9.17) is 5.11 Å².